The van der Waals surface area contributed by atoms with Crippen molar-refractivity contribution in [2.45, 2.75) is 25.4 Å². The molecule has 1 aliphatic heterocycles. The average molecular weight is 210 g/mol. The summed E-state index contributed by atoms with van der Waals surface area (Å²) in [5, 5.41) is 0. The van der Waals surface area contributed by atoms with Gasteiger partial charge in [-0.2, -0.15) is 13.2 Å². The molecule has 1 fully saturated rings. The molecule has 14 heavy (non-hydrogen) atoms. The monoisotopic (exact) mass is 210 g/mol. The fraction of sp³-hybridized carbons (Fsp3) is 1.00. The van der Waals surface area contributed by atoms with Crippen LogP contribution in [0, 0.1) is 5.92 Å². The molecule has 5 heteroatoms. The second kappa shape index (κ2) is 4.98. The van der Waals surface area contributed by atoms with Gasteiger partial charge in [0.15, 0.2) is 0 Å². The maximum atomic E-state index is 12.4. The predicted octanol–water partition coefficient (Wildman–Crippen LogP) is 1.61. The van der Waals surface area contributed by atoms with Crippen LogP contribution in [0.5, 0.6) is 0 Å². The van der Waals surface area contributed by atoms with E-state index in [1.165, 1.54) is 0 Å². The molecule has 2 N–H and O–H groups in total. The van der Waals surface area contributed by atoms with Crippen molar-refractivity contribution < 1.29 is 13.2 Å². The van der Waals surface area contributed by atoms with Gasteiger partial charge in [-0.05, 0) is 25.9 Å². The SMILES string of the molecule is NCC(CN1CCCCC1)C(F)(F)F. The van der Waals surface area contributed by atoms with Crippen LogP contribution in [0.2, 0.25) is 0 Å². The fourth-order valence-electron chi connectivity index (χ4n) is 1.77. The summed E-state index contributed by atoms with van der Waals surface area (Å²) in [7, 11) is 0. The zero-order chi connectivity index (χ0) is 10.6. The summed E-state index contributed by atoms with van der Waals surface area (Å²) in [5.41, 5.74) is 5.13. The van der Waals surface area contributed by atoms with Crippen molar-refractivity contribution in [3.05, 3.63) is 0 Å². The van der Waals surface area contributed by atoms with Crippen molar-refractivity contribution in [3.8, 4) is 0 Å². The van der Waals surface area contributed by atoms with E-state index in [1.807, 2.05) is 4.90 Å². The van der Waals surface area contributed by atoms with E-state index in [1.54, 1.807) is 0 Å². The Labute approximate surface area is 82.2 Å². The first-order chi connectivity index (χ1) is 6.54. The van der Waals surface area contributed by atoms with Crippen molar-refractivity contribution in [2.75, 3.05) is 26.2 Å². The minimum absolute atomic E-state index is 0.0694. The summed E-state index contributed by atoms with van der Waals surface area (Å²) in [6, 6.07) is 0. The molecule has 1 aliphatic rings. The van der Waals surface area contributed by atoms with Crippen molar-refractivity contribution in [1.29, 1.82) is 0 Å². The van der Waals surface area contributed by atoms with Crippen molar-refractivity contribution in [1.82, 2.24) is 4.90 Å². The Bertz CT molecular complexity index is 164. The minimum Gasteiger partial charge on any atom is -0.330 e. The van der Waals surface area contributed by atoms with Crippen LogP contribution in [0.25, 0.3) is 0 Å². The molecule has 0 spiro atoms. The molecule has 1 unspecified atom stereocenters. The summed E-state index contributed by atoms with van der Waals surface area (Å²) < 4.78 is 37.1. The van der Waals surface area contributed by atoms with Gasteiger partial charge >= 0.3 is 6.18 Å². The minimum atomic E-state index is -4.15. The molecule has 0 aromatic heterocycles. The molecule has 0 amide bonds. The average Bonchev–Trinajstić information content (AvgIpc) is 2.14. The number of piperidine rings is 1. The first-order valence-electron chi connectivity index (χ1n) is 5.03. The second-order valence-electron chi connectivity index (χ2n) is 3.84. The number of nitrogens with two attached hydrogens (primary N) is 1. The van der Waals surface area contributed by atoms with E-state index in [9.17, 15) is 13.2 Å². The van der Waals surface area contributed by atoms with Crippen molar-refractivity contribution in [3.63, 3.8) is 0 Å². The van der Waals surface area contributed by atoms with E-state index in [0.717, 1.165) is 32.4 Å². The van der Waals surface area contributed by atoms with Crippen molar-refractivity contribution in [2.24, 2.45) is 11.7 Å². The van der Waals surface area contributed by atoms with Gasteiger partial charge in [-0.3, -0.25) is 0 Å². The van der Waals surface area contributed by atoms with E-state index < -0.39 is 12.1 Å². The van der Waals surface area contributed by atoms with Crippen LogP contribution in [-0.4, -0.2) is 37.3 Å². The highest BCUT2D eigenvalue weighted by molar-refractivity contribution is 4.75. The van der Waals surface area contributed by atoms with Crippen LogP contribution in [0.4, 0.5) is 13.2 Å². The smallest absolute Gasteiger partial charge is 0.330 e. The molecule has 0 radical (unpaired) electrons. The quantitative estimate of drug-likeness (QED) is 0.766. The van der Waals surface area contributed by atoms with Crippen LogP contribution < -0.4 is 5.73 Å². The largest absolute Gasteiger partial charge is 0.394 e. The topological polar surface area (TPSA) is 29.3 Å². The molecule has 2 nitrogen and oxygen atoms in total. The molecule has 0 saturated carbocycles. The van der Waals surface area contributed by atoms with Crippen LogP contribution in [0.3, 0.4) is 0 Å². The van der Waals surface area contributed by atoms with E-state index in [-0.39, 0.29) is 13.1 Å². The fourth-order valence-corrected chi connectivity index (χ4v) is 1.77. The molecule has 0 aromatic carbocycles. The Balaban J connectivity index is 2.39. The maximum absolute atomic E-state index is 12.4. The van der Waals surface area contributed by atoms with Gasteiger partial charge in [0.25, 0.3) is 0 Å². The third-order valence-electron chi connectivity index (χ3n) is 2.67. The maximum Gasteiger partial charge on any atom is 0.394 e. The van der Waals surface area contributed by atoms with Gasteiger partial charge in [-0.1, -0.05) is 6.42 Å². The summed E-state index contributed by atoms with van der Waals surface area (Å²) >= 11 is 0. The van der Waals surface area contributed by atoms with Gasteiger partial charge in [0.2, 0.25) is 0 Å². The molecule has 1 saturated heterocycles. The Hall–Kier alpha value is -0.290. The third-order valence-corrected chi connectivity index (χ3v) is 2.67. The highest BCUT2D eigenvalue weighted by Gasteiger charge is 2.39. The van der Waals surface area contributed by atoms with E-state index in [2.05, 4.69) is 0 Å². The number of alkyl halides is 3. The lowest BCUT2D eigenvalue weighted by molar-refractivity contribution is -0.176. The van der Waals surface area contributed by atoms with Crippen LogP contribution in [0.15, 0.2) is 0 Å². The zero-order valence-electron chi connectivity index (χ0n) is 8.19. The van der Waals surface area contributed by atoms with Gasteiger partial charge < -0.3 is 10.6 Å². The highest BCUT2D eigenvalue weighted by atomic mass is 19.4. The van der Waals surface area contributed by atoms with Gasteiger partial charge in [0.1, 0.15) is 0 Å². The van der Waals surface area contributed by atoms with Crippen LogP contribution in [-0.2, 0) is 0 Å². The van der Waals surface area contributed by atoms with Gasteiger partial charge in [-0.15, -0.1) is 0 Å². The van der Waals surface area contributed by atoms with Gasteiger partial charge in [0.05, 0.1) is 5.92 Å². The Morgan fingerprint density at radius 3 is 2.14 bits per heavy atom. The van der Waals surface area contributed by atoms with E-state index in [0.29, 0.717) is 0 Å². The number of hydrogen-bond acceptors (Lipinski definition) is 2. The van der Waals surface area contributed by atoms with Crippen molar-refractivity contribution >= 4 is 0 Å². The Kier molecular flexibility index (Phi) is 4.19. The standard InChI is InChI=1S/C9H17F3N2/c10-9(11,12)8(6-13)7-14-4-2-1-3-5-14/h8H,1-7,13H2. The normalized spacial score (nSPS) is 22.3. The summed E-state index contributed by atoms with van der Waals surface area (Å²) in [4.78, 5) is 1.87. The lowest BCUT2D eigenvalue weighted by Crippen LogP contribution is -2.42. The molecule has 1 atom stereocenters. The second-order valence-corrected chi connectivity index (χ2v) is 3.84. The van der Waals surface area contributed by atoms with Gasteiger partial charge in [-0.25, -0.2) is 0 Å². The molecule has 0 aromatic rings. The first kappa shape index (κ1) is 11.8. The molecule has 0 aliphatic carbocycles. The number of likely N-dealkylation sites (tertiary alicyclic amines) is 1. The van der Waals surface area contributed by atoms with E-state index in [4.69, 9.17) is 5.73 Å². The van der Waals surface area contributed by atoms with Crippen LogP contribution >= 0.6 is 0 Å². The number of nitrogens with zero attached hydrogens (tertiary/aromatic N) is 1. The molecule has 1 heterocycles. The molecular weight excluding hydrogens is 193 g/mol. The van der Waals surface area contributed by atoms with E-state index >= 15 is 0 Å². The lowest BCUT2D eigenvalue weighted by atomic mass is 10.1. The molecule has 1 rings (SSSR count). The van der Waals surface area contributed by atoms with Crippen LogP contribution in [0.1, 0.15) is 19.3 Å². The summed E-state index contributed by atoms with van der Waals surface area (Å²) in [6.45, 7) is 1.33. The molecular formula is C9H17F3N2. The molecule has 0 bridgehead atoms. The lowest BCUT2D eigenvalue weighted by Gasteiger charge is -2.30. The number of halogens is 3. The highest BCUT2D eigenvalue weighted by Crippen LogP contribution is 2.26. The summed E-state index contributed by atoms with van der Waals surface area (Å²) in [6.07, 6.45) is -0.994. The first-order valence-corrected chi connectivity index (χ1v) is 5.03. The Morgan fingerprint density at radius 1 is 1.14 bits per heavy atom. The third kappa shape index (κ3) is 3.46. The Morgan fingerprint density at radius 2 is 1.71 bits per heavy atom. The zero-order valence-corrected chi connectivity index (χ0v) is 8.19. The molecule has 84 valence electrons. The predicted molar refractivity (Wildman–Crippen MR) is 48.9 cm³/mol. The summed E-state index contributed by atoms with van der Waals surface area (Å²) in [5.74, 6) is -1.36. The number of hydrogen-bond donors (Lipinski definition) is 1. The van der Waals surface area contributed by atoms with Gasteiger partial charge in [0, 0.05) is 13.1 Å². The number of rotatable bonds is 3.